The van der Waals surface area contributed by atoms with E-state index < -0.39 is 23.4 Å². The third-order valence-corrected chi connectivity index (χ3v) is 4.63. The Kier molecular flexibility index (Phi) is 4.54. The van der Waals surface area contributed by atoms with Crippen LogP contribution in [0.15, 0.2) is 60.8 Å². The zero-order valence-corrected chi connectivity index (χ0v) is 15.2. The van der Waals surface area contributed by atoms with Crippen LogP contribution in [0.5, 0.6) is 0 Å². The molecular formula is C23H14F3NO2. The van der Waals surface area contributed by atoms with Crippen LogP contribution < -0.4 is 0 Å². The molecule has 1 aromatic heterocycles. The molecule has 0 unspecified atom stereocenters. The van der Waals surface area contributed by atoms with Gasteiger partial charge in [-0.2, -0.15) is 0 Å². The molecule has 0 aliphatic heterocycles. The molecule has 0 aliphatic carbocycles. The molecule has 1 N–H and O–H groups in total. The van der Waals surface area contributed by atoms with Crippen molar-refractivity contribution < 1.29 is 23.1 Å². The van der Waals surface area contributed by atoms with E-state index in [9.17, 15) is 23.1 Å². The molecule has 3 aromatic carbocycles. The van der Waals surface area contributed by atoms with Crippen LogP contribution >= 0.6 is 0 Å². The number of fused-ring (bicyclic) bond motifs is 1. The number of aryl methyl sites for hydroxylation is 1. The van der Waals surface area contributed by atoms with Crippen molar-refractivity contribution in [2.75, 3.05) is 0 Å². The number of aromatic nitrogens is 1. The average molecular weight is 393 g/mol. The third-order valence-electron chi connectivity index (χ3n) is 4.63. The number of benzene rings is 3. The van der Waals surface area contributed by atoms with Gasteiger partial charge in [-0.3, -0.25) is 4.98 Å². The van der Waals surface area contributed by atoms with Gasteiger partial charge >= 0.3 is 5.97 Å². The number of hydrogen-bond acceptors (Lipinski definition) is 2. The molecule has 144 valence electrons. The van der Waals surface area contributed by atoms with Crippen LogP contribution in [0.3, 0.4) is 0 Å². The highest BCUT2D eigenvalue weighted by Crippen LogP contribution is 2.33. The van der Waals surface area contributed by atoms with Gasteiger partial charge in [-0.1, -0.05) is 12.1 Å². The lowest BCUT2D eigenvalue weighted by molar-refractivity contribution is 0.0699. The van der Waals surface area contributed by atoms with Crippen molar-refractivity contribution in [2.24, 2.45) is 0 Å². The predicted molar refractivity (Wildman–Crippen MR) is 104 cm³/mol. The lowest BCUT2D eigenvalue weighted by atomic mass is 9.94. The zero-order chi connectivity index (χ0) is 20.7. The SMILES string of the molecule is Cc1cc(F)cc(-c2cnc3ccc(-c4cc(F)cc(F)c4)cc3c2C(=O)O)c1. The number of carboxylic acid groups (broad SMARTS) is 1. The van der Waals surface area contributed by atoms with Gasteiger partial charge in [-0.05, 0) is 65.6 Å². The van der Waals surface area contributed by atoms with Crippen LogP contribution in [0.2, 0.25) is 0 Å². The summed E-state index contributed by atoms with van der Waals surface area (Å²) in [6, 6.07) is 12.1. The van der Waals surface area contributed by atoms with Crippen LogP contribution in [-0.2, 0) is 0 Å². The summed E-state index contributed by atoms with van der Waals surface area (Å²) in [4.78, 5) is 16.4. The van der Waals surface area contributed by atoms with Gasteiger partial charge in [0, 0.05) is 23.2 Å². The van der Waals surface area contributed by atoms with Crippen LogP contribution in [-0.4, -0.2) is 16.1 Å². The Morgan fingerprint density at radius 3 is 2.14 bits per heavy atom. The first-order chi connectivity index (χ1) is 13.8. The molecule has 0 radical (unpaired) electrons. The average Bonchev–Trinajstić information content (AvgIpc) is 2.64. The summed E-state index contributed by atoms with van der Waals surface area (Å²) in [6.45, 7) is 1.71. The van der Waals surface area contributed by atoms with Gasteiger partial charge in [-0.25, -0.2) is 18.0 Å². The molecule has 0 fully saturated rings. The molecule has 0 bridgehead atoms. The quantitative estimate of drug-likeness (QED) is 0.465. The van der Waals surface area contributed by atoms with Crippen molar-refractivity contribution in [1.29, 1.82) is 0 Å². The highest BCUT2D eigenvalue weighted by Gasteiger charge is 2.18. The molecule has 0 spiro atoms. The van der Waals surface area contributed by atoms with E-state index in [2.05, 4.69) is 4.98 Å². The Morgan fingerprint density at radius 1 is 0.828 bits per heavy atom. The summed E-state index contributed by atoms with van der Waals surface area (Å²) in [7, 11) is 0. The van der Waals surface area contributed by atoms with E-state index in [0.717, 1.165) is 18.2 Å². The Bertz CT molecular complexity index is 1240. The number of pyridine rings is 1. The van der Waals surface area contributed by atoms with Crippen LogP contribution in [0.25, 0.3) is 33.2 Å². The van der Waals surface area contributed by atoms with Gasteiger partial charge in [0.05, 0.1) is 11.1 Å². The number of halogens is 3. The summed E-state index contributed by atoms with van der Waals surface area (Å²) in [5.74, 6) is -3.17. The van der Waals surface area contributed by atoms with Crippen molar-refractivity contribution in [3.8, 4) is 22.3 Å². The van der Waals surface area contributed by atoms with Gasteiger partial charge < -0.3 is 5.11 Å². The Hall–Kier alpha value is -3.67. The molecule has 0 saturated carbocycles. The first-order valence-corrected chi connectivity index (χ1v) is 8.72. The lowest BCUT2D eigenvalue weighted by Crippen LogP contribution is -2.03. The number of carbonyl (C=O) groups is 1. The van der Waals surface area contributed by atoms with Gasteiger partial charge in [0.2, 0.25) is 0 Å². The van der Waals surface area contributed by atoms with E-state index in [1.807, 2.05) is 0 Å². The molecule has 0 saturated heterocycles. The van der Waals surface area contributed by atoms with Crippen molar-refractivity contribution in [3.63, 3.8) is 0 Å². The maximum atomic E-state index is 13.9. The van der Waals surface area contributed by atoms with E-state index in [1.54, 1.807) is 25.1 Å². The fraction of sp³-hybridized carbons (Fsp3) is 0.0435. The van der Waals surface area contributed by atoms with E-state index in [4.69, 9.17) is 0 Å². The summed E-state index contributed by atoms with van der Waals surface area (Å²) in [6.07, 6.45) is 1.39. The van der Waals surface area contributed by atoms with Crippen LogP contribution in [0.4, 0.5) is 13.2 Å². The Balaban J connectivity index is 2.00. The predicted octanol–water partition coefficient (Wildman–Crippen LogP) is 5.99. The van der Waals surface area contributed by atoms with E-state index in [-0.39, 0.29) is 16.7 Å². The summed E-state index contributed by atoms with van der Waals surface area (Å²) < 4.78 is 41.1. The molecule has 4 aromatic rings. The maximum Gasteiger partial charge on any atom is 0.337 e. The van der Waals surface area contributed by atoms with E-state index in [0.29, 0.717) is 27.6 Å². The molecule has 29 heavy (non-hydrogen) atoms. The maximum absolute atomic E-state index is 13.9. The molecular weight excluding hydrogens is 379 g/mol. The standard InChI is InChI=1S/C23H14F3NO2/c1-12-4-15(8-16(24)5-12)20-11-27-21-3-2-13(9-19(21)22(20)23(28)29)14-6-17(25)10-18(26)7-14/h2-11H,1H3,(H,28,29). The topological polar surface area (TPSA) is 50.2 Å². The number of nitrogens with zero attached hydrogens (tertiary/aromatic N) is 1. The van der Waals surface area contributed by atoms with Gasteiger partial charge in [0.25, 0.3) is 0 Å². The molecule has 6 heteroatoms. The summed E-state index contributed by atoms with van der Waals surface area (Å²) >= 11 is 0. The fourth-order valence-corrected chi connectivity index (χ4v) is 3.43. The normalized spacial score (nSPS) is 11.0. The largest absolute Gasteiger partial charge is 0.478 e. The zero-order valence-electron chi connectivity index (χ0n) is 15.2. The van der Waals surface area contributed by atoms with Crippen molar-refractivity contribution in [1.82, 2.24) is 4.98 Å². The second kappa shape index (κ2) is 7.05. The van der Waals surface area contributed by atoms with E-state index >= 15 is 0 Å². The second-order valence-corrected chi connectivity index (χ2v) is 6.76. The van der Waals surface area contributed by atoms with Crippen LogP contribution in [0.1, 0.15) is 15.9 Å². The van der Waals surface area contributed by atoms with Gasteiger partial charge in [-0.15, -0.1) is 0 Å². The summed E-state index contributed by atoms with van der Waals surface area (Å²) in [5.41, 5.74) is 2.34. The number of rotatable bonds is 3. The molecule has 0 aliphatic rings. The number of hydrogen-bond donors (Lipinski definition) is 1. The molecule has 0 amide bonds. The monoisotopic (exact) mass is 393 g/mol. The second-order valence-electron chi connectivity index (χ2n) is 6.76. The molecule has 0 atom stereocenters. The van der Waals surface area contributed by atoms with Gasteiger partial charge in [0.15, 0.2) is 0 Å². The number of carboxylic acids is 1. The minimum atomic E-state index is -1.21. The molecule has 3 nitrogen and oxygen atoms in total. The van der Waals surface area contributed by atoms with Crippen LogP contribution in [0, 0.1) is 24.4 Å². The third kappa shape index (κ3) is 3.57. The smallest absolute Gasteiger partial charge is 0.337 e. The van der Waals surface area contributed by atoms with Crippen molar-refractivity contribution >= 4 is 16.9 Å². The Morgan fingerprint density at radius 2 is 1.48 bits per heavy atom. The highest BCUT2D eigenvalue weighted by molar-refractivity contribution is 6.09. The molecule has 1 heterocycles. The first kappa shape index (κ1) is 18.7. The lowest BCUT2D eigenvalue weighted by Gasteiger charge is -2.12. The van der Waals surface area contributed by atoms with Crippen molar-refractivity contribution in [2.45, 2.75) is 6.92 Å². The summed E-state index contributed by atoms with van der Waals surface area (Å²) in [5, 5.41) is 10.2. The van der Waals surface area contributed by atoms with Crippen molar-refractivity contribution in [3.05, 3.63) is 89.4 Å². The first-order valence-electron chi connectivity index (χ1n) is 8.72. The number of aromatic carboxylic acids is 1. The minimum Gasteiger partial charge on any atom is -0.478 e. The minimum absolute atomic E-state index is 0.0567. The Labute approximate surface area is 164 Å². The fourth-order valence-electron chi connectivity index (χ4n) is 3.43. The van der Waals surface area contributed by atoms with E-state index in [1.165, 1.54) is 24.4 Å². The highest BCUT2D eigenvalue weighted by atomic mass is 19.1. The van der Waals surface area contributed by atoms with Gasteiger partial charge in [0.1, 0.15) is 17.5 Å². The molecule has 4 rings (SSSR count).